The van der Waals surface area contributed by atoms with Gasteiger partial charge in [-0.15, -0.1) is 0 Å². The van der Waals surface area contributed by atoms with E-state index >= 15 is 0 Å². The minimum atomic E-state index is -0.312. The van der Waals surface area contributed by atoms with Gasteiger partial charge in [0.25, 0.3) is 0 Å². The normalized spacial score (nSPS) is 10.6. The molecule has 0 bridgehead atoms. The van der Waals surface area contributed by atoms with Crippen molar-refractivity contribution in [2.24, 2.45) is 0 Å². The molecule has 0 radical (unpaired) electrons. The number of esters is 1. The second-order valence-electron chi connectivity index (χ2n) is 3.61. The SMILES string of the molecule is CC/C(=C/CNc1ccccc1C#N)C(=O)OC. The number of methoxy groups -OCH3 is 1. The Labute approximate surface area is 107 Å². The van der Waals surface area contributed by atoms with Crippen molar-refractivity contribution in [3.63, 3.8) is 0 Å². The largest absolute Gasteiger partial charge is 0.466 e. The first-order valence-electron chi connectivity index (χ1n) is 5.73. The zero-order valence-electron chi connectivity index (χ0n) is 10.6. The van der Waals surface area contributed by atoms with E-state index in [1.165, 1.54) is 7.11 Å². The van der Waals surface area contributed by atoms with Gasteiger partial charge in [-0.25, -0.2) is 4.79 Å². The van der Waals surface area contributed by atoms with Crippen LogP contribution in [0.4, 0.5) is 5.69 Å². The van der Waals surface area contributed by atoms with Crippen LogP contribution in [0.15, 0.2) is 35.9 Å². The summed E-state index contributed by atoms with van der Waals surface area (Å²) in [5.41, 5.74) is 1.97. The van der Waals surface area contributed by atoms with Crippen LogP contribution >= 0.6 is 0 Å². The molecular formula is C14H16N2O2. The van der Waals surface area contributed by atoms with Gasteiger partial charge in [-0.3, -0.25) is 0 Å². The number of nitriles is 1. The molecule has 0 heterocycles. The first-order valence-corrected chi connectivity index (χ1v) is 5.73. The van der Waals surface area contributed by atoms with Gasteiger partial charge in [0.1, 0.15) is 6.07 Å². The van der Waals surface area contributed by atoms with Crippen LogP contribution in [0.25, 0.3) is 0 Å². The minimum Gasteiger partial charge on any atom is -0.466 e. The molecule has 1 N–H and O–H groups in total. The van der Waals surface area contributed by atoms with Crippen molar-refractivity contribution in [1.82, 2.24) is 0 Å². The van der Waals surface area contributed by atoms with Gasteiger partial charge in [0.15, 0.2) is 0 Å². The zero-order chi connectivity index (χ0) is 13.4. The third kappa shape index (κ3) is 3.63. The number of ether oxygens (including phenoxy) is 1. The minimum absolute atomic E-state index is 0.312. The topological polar surface area (TPSA) is 62.1 Å². The number of hydrogen-bond acceptors (Lipinski definition) is 4. The molecule has 0 aliphatic rings. The molecule has 1 aromatic carbocycles. The lowest BCUT2D eigenvalue weighted by Crippen LogP contribution is -2.07. The van der Waals surface area contributed by atoms with Gasteiger partial charge in [-0.05, 0) is 18.6 Å². The van der Waals surface area contributed by atoms with Gasteiger partial charge in [-0.1, -0.05) is 25.1 Å². The molecule has 0 aliphatic carbocycles. The summed E-state index contributed by atoms with van der Waals surface area (Å²) in [7, 11) is 1.37. The third-order valence-corrected chi connectivity index (χ3v) is 2.52. The van der Waals surface area contributed by atoms with Crippen LogP contribution in [-0.4, -0.2) is 19.6 Å². The highest BCUT2D eigenvalue weighted by atomic mass is 16.5. The Kier molecular flexibility index (Phi) is 5.46. The van der Waals surface area contributed by atoms with Crippen LogP contribution in [0.1, 0.15) is 18.9 Å². The average Bonchev–Trinajstić information content (AvgIpc) is 2.43. The fourth-order valence-corrected chi connectivity index (χ4v) is 1.52. The molecule has 0 unspecified atom stereocenters. The van der Waals surface area contributed by atoms with Crippen molar-refractivity contribution < 1.29 is 9.53 Å². The van der Waals surface area contributed by atoms with Gasteiger partial charge < -0.3 is 10.1 Å². The number of benzene rings is 1. The number of rotatable bonds is 5. The monoisotopic (exact) mass is 244 g/mol. The Morgan fingerprint density at radius 1 is 1.50 bits per heavy atom. The van der Waals surface area contributed by atoms with Crippen LogP contribution < -0.4 is 5.32 Å². The predicted octanol–water partition coefficient (Wildman–Crippen LogP) is 2.48. The molecule has 4 nitrogen and oxygen atoms in total. The summed E-state index contributed by atoms with van der Waals surface area (Å²) >= 11 is 0. The van der Waals surface area contributed by atoms with Gasteiger partial charge >= 0.3 is 5.97 Å². The Morgan fingerprint density at radius 2 is 2.22 bits per heavy atom. The van der Waals surface area contributed by atoms with E-state index in [0.717, 1.165) is 5.69 Å². The summed E-state index contributed by atoms with van der Waals surface area (Å²) in [5, 5.41) is 12.0. The summed E-state index contributed by atoms with van der Waals surface area (Å²) in [5.74, 6) is -0.312. The van der Waals surface area contributed by atoms with E-state index in [1.807, 2.05) is 25.1 Å². The molecule has 4 heteroatoms. The molecule has 1 rings (SSSR count). The molecule has 18 heavy (non-hydrogen) atoms. The van der Waals surface area contributed by atoms with E-state index in [-0.39, 0.29) is 5.97 Å². The summed E-state index contributed by atoms with van der Waals surface area (Å²) in [6.45, 7) is 2.38. The molecule has 0 spiro atoms. The lowest BCUT2D eigenvalue weighted by Gasteiger charge is -2.06. The standard InChI is InChI=1S/C14H16N2O2/c1-3-11(14(17)18-2)8-9-16-13-7-5-4-6-12(13)10-15/h4-8,16H,3,9H2,1-2H3/b11-8-. The first kappa shape index (κ1) is 13.8. The number of anilines is 1. The van der Waals surface area contributed by atoms with Crippen LogP contribution in [-0.2, 0) is 9.53 Å². The fourth-order valence-electron chi connectivity index (χ4n) is 1.52. The summed E-state index contributed by atoms with van der Waals surface area (Å²) in [6.07, 6.45) is 2.40. The smallest absolute Gasteiger partial charge is 0.333 e. The molecule has 0 fully saturated rings. The second kappa shape index (κ2) is 7.13. The Hall–Kier alpha value is -2.28. The van der Waals surface area contributed by atoms with Crippen molar-refractivity contribution in [2.45, 2.75) is 13.3 Å². The fraction of sp³-hybridized carbons (Fsp3) is 0.286. The average molecular weight is 244 g/mol. The molecule has 0 aliphatic heterocycles. The number of nitrogens with one attached hydrogen (secondary N) is 1. The highest BCUT2D eigenvalue weighted by molar-refractivity contribution is 5.88. The highest BCUT2D eigenvalue weighted by Gasteiger charge is 2.06. The number of nitrogens with zero attached hydrogens (tertiary/aromatic N) is 1. The van der Waals surface area contributed by atoms with E-state index in [0.29, 0.717) is 24.1 Å². The van der Waals surface area contributed by atoms with E-state index in [2.05, 4.69) is 16.1 Å². The molecule has 0 amide bonds. The number of carbonyl (C=O) groups excluding carboxylic acids is 1. The number of carbonyl (C=O) groups is 1. The van der Waals surface area contributed by atoms with E-state index in [1.54, 1.807) is 12.1 Å². The summed E-state index contributed by atoms with van der Waals surface area (Å²) < 4.78 is 4.66. The van der Waals surface area contributed by atoms with Gasteiger partial charge in [0, 0.05) is 12.1 Å². The van der Waals surface area contributed by atoms with Crippen molar-refractivity contribution in [2.75, 3.05) is 19.0 Å². The third-order valence-electron chi connectivity index (χ3n) is 2.52. The van der Waals surface area contributed by atoms with E-state index in [9.17, 15) is 4.79 Å². The van der Waals surface area contributed by atoms with Gasteiger partial charge in [0.2, 0.25) is 0 Å². The molecule has 1 aromatic rings. The Morgan fingerprint density at radius 3 is 2.83 bits per heavy atom. The highest BCUT2D eigenvalue weighted by Crippen LogP contribution is 2.13. The van der Waals surface area contributed by atoms with Crippen LogP contribution in [0.2, 0.25) is 0 Å². The molecule has 0 saturated heterocycles. The maximum atomic E-state index is 11.3. The maximum Gasteiger partial charge on any atom is 0.333 e. The van der Waals surface area contributed by atoms with Crippen LogP contribution in [0.5, 0.6) is 0 Å². The quantitative estimate of drug-likeness (QED) is 0.638. The van der Waals surface area contributed by atoms with Crippen LogP contribution in [0, 0.1) is 11.3 Å². The summed E-state index contributed by atoms with van der Waals surface area (Å²) in [4.78, 5) is 11.3. The first-order chi connectivity index (χ1) is 8.72. The summed E-state index contributed by atoms with van der Waals surface area (Å²) in [6, 6.07) is 9.35. The number of hydrogen-bond donors (Lipinski definition) is 1. The molecule has 0 saturated carbocycles. The van der Waals surface area contributed by atoms with Crippen molar-refractivity contribution in [3.8, 4) is 6.07 Å². The molecular weight excluding hydrogens is 228 g/mol. The van der Waals surface area contributed by atoms with Crippen LogP contribution in [0.3, 0.4) is 0 Å². The van der Waals surface area contributed by atoms with Crippen molar-refractivity contribution >= 4 is 11.7 Å². The number of para-hydroxylation sites is 1. The molecule has 94 valence electrons. The molecule has 0 atom stereocenters. The predicted molar refractivity (Wildman–Crippen MR) is 70.0 cm³/mol. The zero-order valence-corrected chi connectivity index (χ0v) is 10.6. The Bertz CT molecular complexity index is 487. The van der Waals surface area contributed by atoms with Crippen molar-refractivity contribution in [3.05, 3.63) is 41.5 Å². The lowest BCUT2D eigenvalue weighted by atomic mass is 10.1. The van der Waals surface area contributed by atoms with Gasteiger partial charge in [-0.2, -0.15) is 5.26 Å². The lowest BCUT2D eigenvalue weighted by molar-refractivity contribution is -0.136. The maximum absolute atomic E-state index is 11.3. The van der Waals surface area contributed by atoms with E-state index < -0.39 is 0 Å². The van der Waals surface area contributed by atoms with E-state index in [4.69, 9.17) is 5.26 Å². The Balaban J connectivity index is 2.68. The van der Waals surface area contributed by atoms with Crippen molar-refractivity contribution in [1.29, 1.82) is 5.26 Å². The van der Waals surface area contributed by atoms with Gasteiger partial charge in [0.05, 0.1) is 18.4 Å². The molecule has 0 aromatic heterocycles. The second-order valence-corrected chi connectivity index (χ2v) is 3.61.